The molecule has 2 rings (SSSR count). The summed E-state index contributed by atoms with van der Waals surface area (Å²) in [6.45, 7) is 4.55. The number of carbonyl (C=O) groups is 1. The summed E-state index contributed by atoms with van der Waals surface area (Å²) < 4.78 is 5.07. The molecular formula is C20H23N3O3. The predicted molar refractivity (Wildman–Crippen MR) is 98.6 cm³/mol. The van der Waals surface area contributed by atoms with Gasteiger partial charge in [0, 0.05) is 25.8 Å². The smallest absolute Gasteiger partial charge is 0.266 e. The van der Waals surface area contributed by atoms with Crippen LogP contribution in [0.15, 0.2) is 29.1 Å². The summed E-state index contributed by atoms with van der Waals surface area (Å²) in [7, 11) is 1.65. The molecule has 6 nitrogen and oxygen atoms in total. The van der Waals surface area contributed by atoms with Crippen molar-refractivity contribution in [1.82, 2.24) is 10.3 Å². The normalized spacial score (nSPS) is 10.4. The first-order chi connectivity index (χ1) is 12.5. The summed E-state index contributed by atoms with van der Waals surface area (Å²) in [4.78, 5) is 26.6. The number of carbonyl (C=O) groups excluding carboxylic acids is 1. The molecule has 0 saturated heterocycles. The molecule has 136 valence electrons. The second-order valence-electron chi connectivity index (χ2n) is 6.20. The zero-order valence-electron chi connectivity index (χ0n) is 15.3. The maximum Gasteiger partial charge on any atom is 0.266 e. The van der Waals surface area contributed by atoms with Crippen molar-refractivity contribution in [3.63, 3.8) is 0 Å². The van der Waals surface area contributed by atoms with Gasteiger partial charge in [0.15, 0.2) is 0 Å². The summed E-state index contributed by atoms with van der Waals surface area (Å²) in [6, 6.07) is 9.80. The topological polar surface area (TPSA) is 95.0 Å². The summed E-state index contributed by atoms with van der Waals surface area (Å²) in [6.07, 6.45) is 0.766. The molecule has 0 spiro atoms. The number of benzene rings is 1. The first-order valence-electron chi connectivity index (χ1n) is 8.42. The van der Waals surface area contributed by atoms with Crippen LogP contribution in [0.2, 0.25) is 0 Å². The number of aromatic amines is 1. The number of nitriles is 1. The van der Waals surface area contributed by atoms with E-state index in [2.05, 4.69) is 10.3 Å². The number of hydrogen-bond donors (Lipinski definition) is 2. The molecule has 2 N–H and O–H groups in total. The van der Waals surface area contributed by atoms with Gasteiger partial charge in [-0.3, -0.25) is 9.59 Å². The largest absolute Gasteiger partial charge is 0.380 e. The molecule has 0 aliphatic heterocycles. The monoisotopic (exact) mass is 353 g/mol. The highest BCUT2D eigenvalue weighted by Gasteiger charge is 2.13. The van der Waals surface area contributed by atoms with Gasteiger partial charge in [0.1, 0.15) is 11.6 Å². The molecule has 0 saturated carbocycles. The minimum atomic E-state index is -0.382. The summed E-state index contributed by atoms with van der Waals surface area (Å²) in [5.74, 6) is -0.0746. The number of methoxy groups -OCH3 is 1. The van der Waals surface area contributed by atoms with Crippen molar-refractivity contribution in [1.29, 1.82) is 5.26 Å². The van der Waals surface area contributed by atoms with Crippen LogP contribution in [-0.2, 0) is 29.1 Å². The van der Waals surface area contributed by atoms with E-state index in [0.717, 1.165) is 16.7 Å². The third kappa shape index (κ3) is 4.80. The van der Waals surface area contributed by atoms with Crippen molar-refractivity contribution < 1.29 is 9.53 Å². The van der Waals surface area contributed by atoms with Crippen molar-refractivity contribution >= 4 is 5.91 Å². The lowest BCUT2D eigenvalue weighted by Crippen LogP contribution is -2.24. The molecule has 1 amide bonds. The maximum absolute atomic E-state index is 12.1. The Morgan fingerprint density at radius 3 is 2.50 bits per heavy atom. The number of H-pyrrole nitrogens is 1. The molecule has 0 aliphatic carbocycles. The number of aromatic nitrogens is 1. The molecule has 2 aromatic rings. The third-order valence-corrected chi connectivity index (χ3v) is 4.35. The van der Waals surface area contributed by atoms with Crippen molar-refractivity contribution in [3.8, 4) is 6.07 Å². The Morgan fingerprint density at radius 1 is 1.23 bits per heavy atom. The number of nitrogens with zero attached hydrogens (tertiary/aromatic N) is 1. The van der Waals surface area contributed by atoms with E-state index in [0.29, 0.717) is 37.3 Å². The van der Waals surface area contributed by atoms with E-state index in [4.69, 9.17) is 10.00 Å². The second-order valence-corrected chi connectivity index (χ2v) is 6.20. The minimum Gasteiger partial charge on any atom is -0.380 e. The Labute approximate surface area is 152 Å². The van der Waals surface area contributed by atoms with Gasteiger partial charge in [0.25, 0.3) is 5.56 Å². The van der Waals surface area contributed by atoms with Gasteiger partial charge in [-0.05, 0) is 42.5 Å². The molecular weight excluding hydrogens is 330 g/mol. The van der Waals surface area contributed by atoms with Crippen LogP contribution in [0.1, 0.15) is 39.9 Å². The number of amides is 1. The fraction of sp³-hybridized carbons (Fsp3) is 0.350. The highest BCUT2D eigenvalue weighted by atomic mass is 16.5. The fourth-order valence-corrected chi connectivity index (χ4v) is 2.87. The van der Waals surface area contributed by atoms with E-state index in [-0.39, 0.29) is 17.0 Å². The zero-order chi connectivity index (χ0) is 19.1. The zero-order valence-corrected chi connectivity index (χ0v) is 15.3. The van der Waals surface area contributed by atoms with Gasteiger partial charge in [-0.1, -0.05) is 24.3 Å². The number of pyridine rings is 1. The van der Waals surface area contributed by atoms with E-state index in [1.165, 1.54) is 0 Å². The second kappa shape index (κ2) is 8.97. The van der Waals surface area contributed by atoms with Crippen LogP contribution in [0.3, 0.4) is 0 Å². The van der Waals surface area contributed by atoms with Gasteiger partial charge in [0.2, 0.25) is 5.91 Å². The van der Waals surface area contributed by atoms with Crippen molar-refractivity contribution in [3.05, 3.63) is 68.1 Å². The van der Waals surface area contributed by atoms with E-state index in [1.807, 2.05) is 30.3 Å². The maximum atomic E-state index is 12.1. The molecule has 6 heteroatoms. The number of rotatable bonds is 7. The van der Waals surface area contributed by atoms with Crippen LogP contribution < -0.4 is 10.9 Å². The highest BCUT2D eigenvalue weighted by molar-refractivity contribution is 5.76. The predicted octanol–water partition coefficient (Wildman–Crippen LogP) is 2.26. The molecule has 0 atom stereocenters. The van der Waals surface area contributed by atoms with Gasteiger partial charge in [-0.15, -0.1) is 0 Å². The van der Waals surface area contributed by atoms with Crippen LogP contribution in [0, 0.1) is 25.2 Å². The average Bonchev–Trinajstić information content (AvgIpc) is 2.61. The first kappa shape index (κ1) is 19.4. The molecule has 1 heterocycles. The summed E-state index contributed by atoms with van der Waals surface area (Å²) in [5, 5.41) is 12.0. The summed E-state index contributed by atoms with van der Waals surface area (Å²) in [5.41, 5.74) is 4.03. The number of hydrogen-bond acceptors (Lipinski definition) is 4. The van der Waals surface area contributed by atoms with Gasteiger partial charge < -0.3 is 15.0 Å². The number of aryl methyl sites for hydroxylation is 1. The number of ether oxygens (including phenoxy) is 1. The highest BCUT2D eigenvalue weighted by Crippen LogP contribution is 2.15. The minimum absolute atomic E-state index is 0.0746. The first-order valence-corrected chi connectivity index (χ1v) is 8.42. The molecule has 0 bridgehead atoms. The Bertz CT molecular complexity index is 877. The van der Waals surface area contributed by atoms with E-state index >= 15 is 0 Å². The Balaban J connectivity index is 1.93. The van der Waals surface area contributed by atoms with Gasteiger partial charge in [-0.2, -0.15) is 5.26 Å². The lowest BCUT2D eigenvalue weighted by atomic mass is 9.99. The Hall–Kier alpha value is -2.91. The quantitative estimate of drug-likeness (QED) is 0.798. The van der Waals surface area contributed by atoms with Crippen molar-refractivity contribution in [2.45, 2.75) is 39.8 Å². The number of nitrogens with one attached hydrogen (secondary N) is 2. The van der Waals surface area contributed by atoms with E-state index in [9.17, 15) is 9.59 Å². The SMILES string of the molecule is COCc1ccc(CNC(=O)CCc2c(C)[nH]c(=O)c(C#N)c2C)cc1. The Kier molecular flexibility index (Phi) is 6.70. The van der Waals surface area contributed by atoms with Crippen LogP contribution in [0.25, 0.3) is 0 Å². The average molecular weight is 353 g/mol. The lowest BCUT2D eigenvalue weighted by molar-refractivity contribution is -0.121. The standard InChI is InChI=1S/C20H23N3O3/c1-13-17(14(2)23-20(25)18(13)10-21)8-9-19(24)22-11-15-4-6-16(7-5-15)12-26-3/h4-7H,8-9,11-12H2,1-3H3,(H,22,24)(H,23,25). The van der Waals surface area contributed by atoms with Crippen LogP contribution in [0.4, 0.5) is 0 Å². The molecule has 1 aromatic carbocycles. The molecule has 0 radical (unpaired) electrons. The van der Waals surface area contributed by atoms with E-state index in [1.54, 1.807) is 21.0 Å². The molecule has 0 aliphatic rings. The van der Waals surface area contributed by atoms with Crippen molar-refractivity contribution in [2.75, 3.05) is 7.11 Å². The lowest BCUT2D eigenvalue weighted by Gasteiger charge is -2.11. The third-order valence-electron chi connectivity index (χ3n) is 4.35. The van der Waals surface area contributed by atoms with Gasteiger partial charge in [0.05, 0.1) is 6.61 Å². The van der Waals surface area contributed by atoms with Crippen LogP contribution >= 0.6 is 0 Å². The van der Waals surface area contributed by atoms with Crippen LogP contribution in [0.5, 0.6) is 0 Å². The molecule has 26 heavy (non-hydrogen) atoms. The Morgan fingerprint density at radius 2 is 1.88 bits per heavy atom. The van der Waals surface area contributed by atoms with Gasteiger partial charge >= 0.3 is 0 Å². The molecule has 1 aromatic heterocycles. The van der Waals surface area contributed by atoms with E-state index < -0.39 is 0 Å². The molecule has 0 fully saturated rings. The van der Waals surface area contributed by atoms with Crippen LogP contribution in [-0.4, -0.2) is 18.0 Å². The van der Waals surface area contributed by atoms with Crippen molar-refractivity contribution in [2.24, 2.45) is 0 Å². The van der Waals surface area contributed by atoms with Gasteiger partial charge in [-0.25, -0.2) is 0 Å². The summed E-state index contributed by atoms with van der Waals surface area (Å²) >= 11 is 0. The fourth-order valence-electron chi connectivity index (χ4n) is 2.87. The molecule has 0 unspecified atom stereocenters.